The summed E-state index contributed by atoms with van der Waals surface area (Å²) in [5.74, 6) is 2.34. The van der Waals surface area contributed by atoms with Gasteiger partial charge in [-0.3, -0.25) is 0 Å². The summed E-state index contributed by atoms with van der Waals surface area (Å²) in [5, 5.41) is 2.24. The Bertz CT molecular complexity index is 349. The standard InChI is InChI=1S/C10H8F3N/c1-2-8-4-3-5-9(6-8)14-7-10(11,12)13/h1,3-6,14H,7H2. The highest BCUT2D eigenvalue weighted by molar-refractivity contribution is 5.49. The normalized spacial score (nSPS) is 10.7. The lowest BCUT2D eigenvalue weighted by atomic mass is 10.2. The van der Waals surface area contributed by atoms with E-state index >= 15 is 0 Å². The molecular formula is C10H8F3N. The van der Waals surface area contributed by atoms with Crippen LogP contribution >= 0.6 is 0 Å². The SMILES string of the molecule is C#Cc1cccc(NCC(F)(F)F)c1. The van der Waals surface area contributed by atoms with Crippen molar-refractivity contribution < 1.29 is 13.2 Å². The highest BCUT2D eigenvalue weighted by Gasteiger charge is 2.26. The Kier molecular flexibility index (Phi) is 3.03. The van der Waals surface area contributed by atoms with Gasteiger partial charge in [0.25, 0.3) is 0 Å². The van der Waals surface area contributed by atoms with Crippen LogP contribution in [0.1, 0.15) is 5.56 Å². The van der Waals surface area contributed by atoms with Crippen LogP contribution in [-0.4, -0.2) is 12.7 Å². The van der Waals surface area contributed by atoms with Crippen molar-refractivity contribution in [1.82, 2.24) is 0 Å². The molecule has 0 fully saturated rings. The lowest BCUT2D eigenvalue weighted by molar-refractivity contribution is -0.115. The minimum atomic E-state index is -4.22. The topological polar surface area (TPSA) is 12.0 Å². The minimum Gasteiger partial charge on any atom is -0.376 e. The van der Waals surface area contributed by atoms with Gasteiger partial charge in [0.1, 0.15) is 6.54 Å². The van der Waals surface area contributed by atoms with Gasteiger partial charge in [0, 0.05) is 11.3 Å². The van der Waals surface area contributed by atoms with Crippen molar-refractivity contribution in [2.75, 3.05) is 11.9 Å². The van der Waals surface area contributed by atoms with Crippen LogP contribution in [0.15, 0.2) is 24.3 Å². The molecule has 0 atom stereocenters. The maximum absolute atomic E-state index is 11.8. The van der Waals surface area contributed by atoms with Gasteiger partial charge < -0.3 is 5.32 Å². The molecule has 0 unspecified atom stereocenters. The zero-order valence-corrected chi connectivity index (χ0v) is 7.23. The molecule has 0 bridgehead atoms. The fourth-order valence-corrected chi connectivity index (χ4v) is 0.921. The van der Waals surface area contributed by atoms with Crippen molar-refractivity contribution in [3.63, 3.8) is 0 Å². The fraction of sp³-hybridized carbons (Fsp3) is 0.200. The summed E-state index contributed by atoms with van der Waals surface area (Å²) in [6, 6.07) is 6.28. The summed E-state index contributed by atoms with van der Waals surface area (Å²) in [7, 11) is 0. The van der Waals surface area contributed by atoms with E-state index in [1.165, 1.54) is 12.1 Å². The van der Waals surface area contributed by atoms with Crippen LogP contribution in [0.5, 0.6) is 0 Å². The third kappa shape index (κ3) is 3.40. The molecule has 1 nitrogen and oxygen atoms in total. The Hall–Kier alpha value is -1.63. The predicted molar refractivity (Wildman–Crippen MR) is 48.9 cm³/mol. The second kappa shape index (κ2) is 4.05. The number of terminal acetylenes is 1. The molecule has 1 aromatic rings. The molecule has 0 aliphatic carbocycles. The van der Waals surface area contributed by atoms with E-state index in [1.54, 1.807) is 12.1 Å². The zero-order chi connectivity index (χ0) is 10.6. The number of hydrogen-bond donors (Lipinski definition) is 1. The molecule has 0 saturated heterocycles. The second-order valence-corrected chi connectivity index (χ2v) is 2.69. The monoisotopic (exact) mass is 199 g/mol. The van der Waals surface area contributed by atoms with Crippen LogP contribution in [-0.2, 0) is 0 Å². The Morgan fingerprint density at radius 1 is 1.36 bits per heavy atom. The molecule has 0 spiro atoms. The highest BCUT2D eigenvalue weighted by Crippen LogP contribution is 2.16. The van der Waals surface area contributed by atoms with E-state index < -0.39 is 12.7 Å². The van der Waals surface area contributed by atoms with Crippen molar-refractivity contribution >= 4 is 5.69 Å². The third-order valence-electron chi connectivity index (χ3n) is 1.52. The molecule has 0 heterocycles. The molecule has 0 amide bonds. The molecule has 0 aliphatic rings. The smallest absolute Gasteiger partial charge is 0.376 e. The molecule has 1 rings (SSSR count). The maximum atomic E-state index is 11.8. The van der Waals surface area contributed by atoms with Gasteiger partial charge in [0.05, 0.1) is 0 Å². The van der Waals surface area contributed by atoms with E-state index in [1.807, 2.05) is 0 Å². The third-order valence-corrected chi connectivity index (χ3v) is 1.52. The molecule has 14 heavy (non-hydrogen) atoms. The number of nitrogens with one attached hydrogen (secondary N) is 1. The summed E-state index contributed by atoms with van der Waals surface area (Å²) < 4.78 is 35.5. The molecule has 0 aromatic heterocycles. The number of halogens is 3. The molecule has 0 aliphatic heterocycles. The number of anilines is 1. The summed E-state index contributed by atoms with van der Waals surface area (Å²) >= 11 is 0. The summed E-state index contributed by atoms with van der Waals surface area (Å²) in [4.78, 5) is 0. The largest absolute Gasteiger partial charge is 0.405 e. The first-order valence-electron chi connectivity index (χ1n) is 3.88. The van der Waals surface area contributed by atoms with E-state index in [2.05, 4.69) is 11.2 Å². The molecule has 4 heteroatoms. The van der Waals surface area contributed by atoms with Gasteiger partial charge in [-0.15, -0.1) is 6.42 Å². The molecule has 1 aromatic carbocycles. The minimum absolute atomic E-state index is 0.373. The summed E-state index contributed by atoms with van der Waals surface area (Å²) in [6.07, 6.45) is 0.885. The number of benzene rings is 1. The average molecular weight is 199 g/mol. The van der Waals surface area contributed by atoms with E-state index in [4.69, 9.17) is 6.42 Å². The van der Waals surface area contributed by atoms with E-state index in [0.29, 0.717) is 11.3 Å². The van der Waals surface area contributed by atoms with Crippen molar-refractivity contribution in [3.8, 4) is 12.3 Å². The van der Waals surface area contributed by atoms with Crippen molar-refractivity contribution in [3.05, 3.63) is 29.8 Å². The molecule has 1 N–H and O–H groups in total. The Morgan fingerprint density at radius 2 is 2.07 bits per heavy atom. The Balaban J connectivity index is 2.65. The number of hydrogen-bond acceptors (Lipinski definition) is 1. The molecule has 0 saturated carbocycles. The van der Waals surface area contributed by atoms with Gasteiger partial charge in [-0.1, -0.05) is 12.0 Å². The van der Waals surface area contributed by atoms with Gasteiger partial charge in [-0.05, 0) is 18.2 Å². The number of alkyl halides is 3. The second-order valence-electron chi connectivity index (χ2n) is 2.69. The Morgan fingerprint density at radius 3 is 2.64 bits per heavy atom. The molecular weight excluding hydrogens is 191 g/mol. The van der Waals surface area contributed by atoms with Gasteiger partial charge in [0.2, 0.25) is 0 Å². The van der Waals surface area contributed by atoms with Crippen molar-refractivity contribution in [1.29, 1.82) is 0 Å². The van der Waals surface area contributed by atoms with Crippen LogP contribution in [0, 0.1) is 12.3 Å². The van der Waals surface area contributed by atoms with E-state index in [9.17, 15) is 13.2 Å². The Labute approximate surface area is 79.9 Å². The average Bonchev–Trinajstić information content (AvgIpc) is 2.14. The van der Waals surface area contributed by atoms with Crippen LogP contribution in [0.2, 0.25) is 0 Å². The van der Waals surface area contributed by atoms with Crippen molar-refractivity contribution in [2.45, 2.75) is 6.18 Å². The van der Waals surface area contributed by atoms with Gasteiger partial charge in [-0.2, -0.15) is 13.2 Å². The molecule has 74 valence electrons. The van der Waals surface area contributed by atoms with Crippen LogP contribution in [0.4, 0.5) is 18.9 Å². The van der Waals surface area contributed by atoms with Gasteiger partial charge in [0.15, 0.2) is 0 Å². The lowest BCUT2D eigenvalue weighted by Gasteiger charge is -2.09. The first kappa shape index (κ1) is 10.5. The van der Waals surface area contributed by atoms with Crippen molar-refractivity contribution in [2.24, 2.45) is 0 Å². The summed E-state index contributed by atoms with van der Waals surface area (Å²) in [6.45, 7) is -1.05. The van der Waals surface area contributed by atoms with E-state index in [-0.39, 0.29) is 0 Å². The number of rotatable bonds is 2. The van der Waals surface area contributed by atoms with Gasteiger partial charge >= 0.3 is 6.18 Å². The molecule has 0 radical (unpaired) electrons. The maximum Gasteiger partial charge on any atom is 0.405 e. The zero-order valence-electron chi connectivity index (χ0n) is 7.23. The first-order chi connectivity index (χ1) is 6.51. The van der Waals surface area contributed by atoms with Crippen LogP contribution < -0.4 is 5.32 Å². The summed E-state index contributed by atoms with van der Waals surface area (Å²) in [5.41, 5.74) is 0.926. The van der Waals surface area contributed by atoms with Crippen LogP contribution in [0.3, 0.4) is 0 Å². The first-order valence-corrected chi connectivity index (χ1v) is 3.88. The van der Waals surface area contributed by atoms with Crippen LogP contribution in [0.25, 0.3) is 0 Å². The highest BCUT2D eigenvalue weighted by atomic mass is 19.4. The van der Waals surface area contributed by atoms with E-state index in [0.717, 1.165) is 0 Å². The lowest BCUT2D eigenvalue weighted by Crippen LogP contribution is -2.21. The van der Waals surface area contributed by atoms with Gasteiger partial charge in [-0.25, -0.2) is 0 Å². The predicted octanol–water partition coefficient (Wildman–Crippen LogP) is 2.64. The quantitative estimate of drug-likeness (QED) is 0.722. The fourth-order valence-electron chi connectivity index (χ4n) is 0.921.